The van der Waals surface area contributed by atoms with Gasteiger partial charge >= 0.3 is 0 Å². The molecule has 0 unspecified atom stereocenters. The quantitative estimate of drug-likeness (QED) is 0.765. The Balaban J connectivity index is 2.52. The van der Waals surface area contributed by atoms with E-state index in [1.807, 2.05) is 6.92 Å². The molecule has 0 spiro atoms. The number of aromatic nitrogens is 1. The molecule has 0 atom stereocenters. The molecule has 1 heterocycles. The van der Waals surface area contributed by atoms with Crippen molar-refractivity contribution in [1.82, 2.24) is 4.98 Å². The van der Waals surface area contributed by atoms with Crippen molar-refractivity contribution >= 4 is 10.9 Å². The molecule has 0 aliphatic heterocycles. The summed E-state index contributed by atoms with van der Waals surface area (Å²) in [6.45, 7) is 2.03. The Bertz CT molecular complexity index is 516. The number of rotatable bonds is 3. The third kappa shape index (κ3) is 1.79. The standard InChI is InChI=1S/C12H12F3N/c1-2-3-4-7-5-8-11(15)9(13)6-10(14)12(8)16-7/h5-6,16H,2-4H2,1H3. The lowest BCUT2D eigenvalue weighted by atomic mass is 10.2. The summed E-state index contributed by atoms with van der Waals surface area (Å²) in [7, 11) is 0. The van der Waals surface area contributed by atoms with Gasteiger partial charge in [0, 0.05) is 17.1 Å². The number of hydrogen-bond acceptors (Lipinski definition) is 0. The van der Waals surface area contributed by atoms with Crippen molar-refractivity contribution in [2.24, 2.45) is 0 Å². The number of fused-ring (bicyclic) bond motifs is 1. The van der Waals surface area contributed by atoms with Crippen LogP contribution in [0, 0.1) is 17.5 Å². The van der Waals surface area contributed by atoms with E-state index < -0.39 is 17.5 Å². The fourth-order valence-electron chi connectivity index (χ4n) is 1.75. The molecular weight excluding hydrogens is 215 g/mol. The predicted octanol–water partition coefficient (Wildman–Crippen LogP) is 3.93. The number of hydrogen-bond donors (Lipinski definition) is 1. The SMILES string of the molecule is CCCCc1cc2c(F)c(F)cc(F)c2[nH]1. The van der Waals surface area contributed by atoms with Gasteiger partial charge in [-0.05, 0) is 18.9 Å². The van der Waals surface area contributed by atoms with Crippen molar-refractivity contribution in [3.63, 3.8) is 0 Å². The topological polar surface area (TPSA) is 15.8 Å². The van der Waals surface area contributed by atoms with Crippen molar-refractivity contribution in [1.29, 1.82) is 0 Å². The van der Waals surface area contributed by atoms with Crippen molar-refractivity contribution < 1.29 is 13.2 Å². The summed E-state index contributed by atoms with van der Waals surface area (Å²) in [6.07, 6.45) is 2.64. The number of nitrogens with one attached hydrogen (secondary N) is 1. The van der Waals surface area contributed by atoms with Crippen molar-refractivity contribution in [3.8, 4) is 0 Å². The second kappa shape index (κ2) is 4.20. The zero-order chi connectivity index (χ0) is 11.7. The summed E-state index contributed by atoms with van der Waals surface area (Å²) >= 11 is 0. The smallest absolute Gasteiger partial charge is 0.168 e. The van der Waals surface area contributed by atoms with Crippen LogP contribution in [0.5, 0.6) is 0 Å². The molecule has 2 aromatic rings. The number of H-pyrrole nitrogens is 1. The Hall–Kier alpha value is -1.45. The zero-order valence-electron chi connectivity index (χ0n) is 8.91. The second-order valence-electron chi connectivity index (χ2n) is 3.84. The van der Waals surface area contributed by atoms with Crippen LogP contribution in [0.2, 0.25) is 0 Å². The molecule has 1 N–H and O–H groups in total. The summed E-state index contributed by atoms with van der Waals surface area (Å²) in [5.41, 5.74) is 0.783. The van der Waals surface area contributed by atoms with Gasteiger partial charge in [0.1, 0.15) is 5.82 Å². The molecule has 16 heavy (non-hydrogen) atoms. The van der Waals surface area contributed by atoms with Gasteiger partial charge in [0.25, 0.3) is 0 Å². The zero-order valence-corrected chi connectivity index (χ0v) is 8.91. The predicted molar refractivity (Wildman–Crippen MR) is 56.8 cm³/mol. The number of halogens is 3. The Labute approximate surface area is 91.3 Å². The first-order chi connectivity index (χ1) is 7.63. The summed E-state index contributed by atoms with van der Waals surface area (Å²) in [4.78, 5) is 2.79. The summed E-state index contributed by atoms with van der Waals surface area (Å²) in [6, 6.07) is 2.05. The van der Waals surface area contributed by atoms with Crippen LogP contribution in [0.1, 0.15) is 25.5 Å². The molecule has 0 saturated carbocycles. The first-order valence-corrected chi connectivity index (χ1v) is 5.28. The molecule has 0 aliphatic carbocycles. The van der Waals surface area contributed by atoms with E-state index >= 15 is 0 Å². The molecule has 0 bridgehead atoms. The van der Waals surface area contributed by atoms with Crippen LogP contribution < -0.4 is 0 Å². The minimum atomic E-state index is -1.15. The second-order valence-corrected chi connectivity index (χ2v) is 3.84. The molecule has 1 nitrogen and oxygen atoms in total. The van der Waals surface area contributed by atoms with E-state index in [9.17, 15) is 13.2 Å². The van der Waals surface area contributed by atoms with Gasteiger partial charge in [0.2, 0.25) is 0 Å². The van der Waals surface area contributed by atoms with E-state index in [0.717, 1.165) is 18.5 Å². The van der Waals surface area contributed by atoms with E-state index in [1.165, 1.54) is 6.07 Å². The van der Waals surface area contributed by atoms with E-state index in [4.69, 9.17) is 0 Å². The van der Waals surface area contributed by atoms with Crippen LogP contribution in [-0.2, 0) is 6.42 Å². The average Bonchev–Trinajstić information content (AvgIpc) is 2.68. The Morgan fingerprint density at radius 3 is 2.56 bits per heavy atom. The average molecular weight is 227 g/mol. The van der Waals surface area contributed by atoms with Crippen molar-refractivity contribution in [2.75, 3.05) is 0 Å². The van der Waals surface area contributed by atoms with E-state index in [2.05, 4.69) is 4.98 Å². The van der Waals surface area contributed by atoms with Crippen LogP contribution in [0.15, 0.2) is 12.1 Å². The Morgan fingerprint density at radius 2 is 1.88 bits per heavy atom. The number of unbranched alkanes of at least 4 members (excludes halogenated alkanes) is 1. The maximum Gasteiger partial charge on any atom is 0.168 e. The van der Waals surface area contributed by atoms with Gasteiger partial charge in [-0.2, -0.15) is 0 Å². The third-order valence-corrected chi connectivity index (χ3v) is 2.61. The lowest BCUT2D eigenvalue weighted by molar-refractivity contribution is 0.505. The molecule has 1 aromatic carbocycles. The molecule has 86 valence electrons. The molecule has 0 aliphatic rings. The lowest BCUT2D eigenvalue weighted by Crippen LogP contribution is -1.88. The minimum Gasteiger partial charge on any atom is -0.356 e. The van der Waals surface area contributed by atoms with Gasteiger partial charge in [-0.15, -0.1) is 0 Å². The van der Waals surface area contributed by atoms with Crippen molar-refractivity contribution in [3.05, 3.63) is 35.3 Å². The highest BCUT2D eigenvalue weighted by Gasteiger charge is 2.14. The first kappa shape index (κ1) is 11.0. The van der Waals surface area contributed by atoms with Gasteiger partial charge in [0.05, 0.1) is 5.52 Å². The maximum absolute atomic E-state index is 13.4. The maximum atomic E-state index is 13.4. The number of aryl methyl sites for hydroxylation is 1. The van der Waals surface area contributed by atoms with Gasteiger partial charge in [-0.25, -0.2) is 13.2 Å². The molecule has 2 rings (SSSR count). The molecule has 0 fully saturated rings. The molecule has 4 heteroatoms. The summed E-state index contributed by atoms with van der Waals surface area (Å²) < 4.78 is 39.6. The van der Waals surface area contributed by atoms with E-state index in [0.29, 0.717) is 12.5 Å². The fourth-order valence-corrected chi connectivity index (χ4v) is 1.75. The van der Waals surface area contributed by atoms with E-state index in [-0.39, 0.29) is 10.9 Å². The van der Waals surface area contributed by atoms with Crippen LogP contribution in [0.3, 0.4) is 0 Å². The fraction of sp³-hybridized carbons (Fsp3) is 0.333. The van der Waals surface area contributed by atoms with Gasteiger partial charge in [0.15, 0.2) is 11.6 Å². The summed E-state index contributed by atoms with van der Waals surface area (Å²) in [5.74, 6) is -2.89. The molecule has 0 amide bonds. The third-order valence-electron chi connectivity index (χ3n) is 2.61. The lowest BCUT2D eigenvalue weighted by Gasteiger charge is -1.96. The van der Waals surface area contributed by atoms with Gasteiger partial charge < -0.3 is 4.98 Å². The highest BCUT2D eigenvalue weighted by molar-refractivity contribution is 5.81. The monoisotopic (exact) mass is 227 g/mol. The van der Waals surface area contributed by atoms with Gasteiger partial charge in [-0.3, -0.25) is 0 Å². The van der Waals surface area contributed by atoms with Crippen LogP contribution >= 0.6 is 0 Å². The molecule has 0 radical (unpaired) electrons. The minimum absolute atomic E-state index is 0.0106. The number of benzene rings is 1. The van der Waals surface area contributed by atoms with Crippen molar-refractivity contribution in [2.45, 2.75) is 26.2 Å². The molecular formula is C12H12F3N. The molecule has 1 aromatic heterocycles. The summed E-state index contributed by atoms with van der Waals surface area (Å²) in [5, 5.41) is -0.0106. The first-order valence-electron chi connectivity index (χ1n) is 5.28. The van der Waals surface area contributed by atoms with Crippen LogP contribution in [0.4, 0.5) is 13.2 Å². The molecule has 0 saturated heterocycles. The van der Waals surface area contributed by atoms with Gasteiger partial charge in [-0.1, -0.05) is 13.3 Å². The number of aromatic amines is 1. The van der Waals surface area contributed by atoms with Crippen LogP contribution in [-0.4, -0.2) is 4.98 Å². The highest BCUT2D eigenvalue weighted by Crippen LogP contribution is 2.24. The largest absolute Gasteiger partial charge is 0.356 e. The highest BCUT2D eigenvalue weighted by atomic mass is 19.2. The normalized spacial score (nSPS) is 11.2. The Morgan fingerprint density at radius 1 is 1.12 bits per heavy atom. The van der Waals surface area contributed by atoms with Crippen LogP contribution in [0.25, 0.3) is 10.9 Å². The van der Waals surface area contributed by atoms with E-state index in [1.54, 1.807) is 0 Å². The Kier molecular flexibility index (Phi) is 2.90.